The van der Waals surface area contributed by atoms with Crippen molar-refractivity contribution in [2.24, 2.45) is 7.05 Å². The molecule has 0 atom stereocenters. The van der Waals surface area contributed by atoms with Crippen LogP contribution in [0.3, 0.4) is 0 Å². The molecule has 0 radical (unpaired) electrons. The van der Waals surface area contributed by atoms with Crippen LogP contribution in [-0.2, 0) is 48.2 Å². The summed E-state index contributed by atoms with van der Waals surface area (Å²) < 4.78 is 125. The summed E-state index contributed by atoms with van der Waals surface area (Å²) >= 11 is 0. The van der Waals surface area contributed by atoms with E-state index in [0.29, 0.717) is 24.4 Å². The van der Waals surface area contributed by atoms with Crippen molar-refractivity contribution in [3.8, 4) is 0 Å². The van der Waals surface area contributed by atoms with E-state index in [2.05, 4.69) is 25.1 Å². The van der Waals surface area contributed by atoms with Crippen molar-refractivity contribution in [1.82, 2.24) is 25.2 Å². The summed E-state index contributed by atoms with van der Waals surface area (Å²) in [6.07, 6.45) is -12.7. The lowest BCUT2D eigenvalue weighted by molar-refractivity contribution is -0.143. The zero-order valence-electron chi connectivity index (χ0n) is 19.9. The van der Waals surface area contributed by atoms with Crippen LogP contribution in [0.1, 0.15) is 33.5 Å². The van der Waals surface area contributed by atoms with Gasteiger partial charge in [-0.2, -0.15) is 44.3 Å². The third-order valence-corrected chi connectivity index (χ3v) is 5.07. The number of carbonyl (C=O) groups is 1. The fraction of sp³-hybridized carbons (Fsp3) is 0.318. The maximum atomic E-state index is 13.4. The maximum absolute atomic E-state index is 13.4. The number of tetrazole rings is 1. The minimum Gasteiger partial charge on any atom is -0.466 e. The molecule has 0 aliphatic carbocycles. The number of rotatable bonds is 7. The van der Waals surface area contributed by atoms with Gasteiger partial charge in [0.15, 0.2) is 0 Å². The summed E-state index contributed by atoms with van der Waals surface area (Å²) in [6.45, 7) is -1.28. The van der Waals surface area contributed by atoms with Crippen molar-refractivity contribution >= 4 is 18.0 Å². The van der Waals surface area contributed by atoms with Gasteiger partial charge in [-0.05, 0) is 46.7 Å². The molecule has 0 aliphatic heterocycles. The highest BCUT2D eigenvalue weighted by Gasteiger charge is 2.37. The second-order valence-corrected chi connectivity index (χ2v) is 7.97. The molecule has 17 heteroatoms. The first-order chi connectivity index (χ1) is 18.0. The van der Waals surface area contributed by atoms with Crippen LogP contribution in [0.25, 0.3) is 6.08 Å². The molecule has 0 N–H and O–H groups in total. The van der Waals surface area contributed by atoms with Crippen LogP contribution in [0, 0.1) is 0 Å². The molecule has 0 saturated heterocycles. The Hall–Kier alpha value is -4.18. The van der Waals surface area contributed by atoms with Crippen LogP contribution in [0.4, 0.5) is 45.5 Å². The number of anilines is 1. The number of ether oxygens (including phenoxy) is 1. The Labute approximate surface area is 213 Å². The number of hydrogen-bond acceptors (Lipinski definition) is 7. The number of aryl methyl sites for hydroxylation is 1. The molecule has 2 heterocycles. The smallest absolute Gasteiger partial charge is 0.417 e. The monoisotopic (exact) mass is 568 g/mol. The molecule has 3 aromatic rings. The molecule has 0 spiro atoms. The number of nitrogens with zero attached hydrogens (tertiary/aromatic N) is 6. The van der Waals surface area contributed by atoms with E-state index in [1.54, 1.807) is 0 Å². The molecule has 0 amide bonds. The summed E-state index contributed by atoms with van der Waals surface area (Å²) in [7, 11) is 2.37. The summed E-state index contributed by atoms with van der Waals surface area (Å²) in [5, 5.41) is 11.1. The van der Waals surface area contributed by atoms with Crippen molar-refractivity contribution in [3.05, 3.63) is 70.0 Å². The van der Waals surface area contributed by atoms with Gasteiger partial charge in [-0.1, -0.05) is 5.10 Å². The number of hydrogen-bond donors (Lipinski definition) is 0. The van der Waals surface area contributed by atoms with E-state index in [-0.39, 0.29) is 23.3 Å². The highest BCUT2D eigenvalue weighted by molar-refractivity contribution is 5.86. The highest BCUT2D eigenvalue weighted by Crippen LogP contribution is 2.37. The predicted octanol–water partition coefficient (Wildman–Crippen LogP) is 5.05. The Kier molecular flexibility index (Phi) is 8.21. The molecule has 0 unspecified atom stereocenters. The van der Waals surface area contributed by atoms with Crippen LogP contribution >= 0.6 is 0 Å². The fourth-order valence-electron chi connectivity index (χ4n) is 3.30. The number of aromatic nitrogens is 5. The molecule has 0 bridgehead atoms. The highest BCUT2D eigenvalue weighted by atomic mass is 19.4. The summed E-state index contributed by atoms with van der Waals surface area (Å²) in [6, 6.07) is 1.56. The van der Waals surface area contributed by atoms with E-state index < -0.39 is 59.8 Å². The normalized spacial score (nSPS) is 12.7. The van der Waals surface area contributed by atoms with Crippen molar-refractivity contribution < 1.29 is 49.0 Å². The largest absolute Gasteiger partial charge is 0.466 e. The molecule has 2 aromatic heterocycles. The van der Waals surface area contributed by atoms with Gasteiger partial charge in [0.25, 0.3) is 5.95 Å². The van der Waals surface area contributed by atoms with E-state index in [0.717, 1.165) is 29.0 Å². The Balaban J connectivity index is 2.13. The van der Waals surface area contributed by atoms with Crippen molar-refractivity contribution in [3.63, 3.8) is 0 Å². The van der Waals surface area contributed by atoms with Crippen molar-refractivity contribution in [1.29, 1.82) is 0 Å². The SMILES string of the molecule is COC(=O)C=Cc1ncc(C(F)(F)F)cc1CN(Cc1cc(C(F)(F)F)cc(C(F)(F)F)c1)c1nnn(C)n1. The average molecular weight is 568 g/mol. The van der Waals surface area contributed by atoms with Gasteiger partial charge in [-0.3, -0.25) is 4.98 Å². The lowest BCUT2D eigenvalue weighted by Gasteiger charge is -2.23. The number of carbonyl (C=O) groups excluding carboxylic acids is 1. The summed E-state index contributed by atoms with van der Waals surface area (Å²) in [5.41, 5.74) is -5.22. The Morgan fingerprint density at radius 2 is 1.51 bits per heavy atom. The van der Waals surface area contributed by atoms with Gasteiger partial charge in [-0.15, -0.1) is 5.10 Å². The van der Waals surface area contributed by atoms with Gasteiger partial charge in [0.1, 0.15) is 0 Å². The lowest BCUT2D eigenvalue weighted by atomic mass is 10.0. The third-order valence-electron chi connectivity index (χ3n) is 5.07. The summed E-state index contributed by atoms with van der Waals surface area (Å²) in [5.74, 6) is -1.18. The number of alkyl halides is 9. The van der Waals surface area contributed by atoms with Crippen LogP contribution in [-0.4, -0.2) is 38.3 Å². The standard InChI is InChI=1S/C22H17F9N6O2/c1-36-34-19(33-35-36)37(10-12-5-14(20(23,24)25)8-15(6-12)21(26,27)28)11-13-7-16(22(29,30)31)9-32-17(13)3-4-18(38)39-2/h3-9H,10-11H2,1-2H3. The zero-order chi connectivity index (χ0) is 29.2. The molecule has 8 nitrogen and oxygen atoms in total. The first-order valence-electron chi connectivity index (χ1n) is 10.6. The number of halogens is 9. The molecule has 3 rings (SSSR count). The number of pyridine rings is 1. The molecular formula is C22H17F9N6O2. The minimum atomic E-state index is -5.12. The van der Waals surface area contributed by atoms with Gasteiger partial charge in [0.05, 0.1) is 36.5 Å². The minimum absolute atomic E-state index is 0.0547. The van der Waals surface area contributed by atoms with E-state index in [1.165, 1.54) is 7.05 Å². The van der Waals surface area contributed by atoms with Crippen molar-refractivity contribution in [2.45, 2.75) is 31.6 Å². The maximum Gasteiger partial charge on any atom is 0.417 e. The molecule has 1 aromatic carbocycles. The topological polar surface area (TPSA) is 86.0 Å². The molecular weight excluding hydrogens is 551 g/mol. The number of esters is 1. The van der Waals surface area contributed by atoms with E-state index in [1.807, 2.05) is 0 Å². The first-order valence-corrected chi connectivity index (χ1v) is 10.6. The molecule has 0 aliphatic rings. The lowest BCUT2D eigenvalue weighted by Crippen LogP contribution is -2.25. The van der Waals surface area contributed by atoms with Gasteiger partial charge >= 0.3 is 24.5 Å². The van der Waals surface area contributed by atoms with Crippen LogP contribution in [0.15, 0.2) is 36.5 Å². The molecule has 0 saturated carbocycles. The van der Waals surface area contributed by atoms with Crippen LogP contribution in [0.2, 0.25) is 0 Å². The quantitative estimate of drug-likeness (QED) is 0.224. The van der Waals surface area contributed by atoms with E-state index in [4.69, 9.17) is 0 Å². The zero-order valence-corrected chi connectivity index (χ0v) is 19.9. The first kappa shape index (κ1) is 29.4. The second-order valence-electron chi connectivity index (χ2n) is 7.97. The Morgan fingerprint density at radius 3 is 2.00 bits per heavy atom. The Bertz CT molecular complexity index is 1330. The molecule has 210 valence electrons. The fourth-order valence-corrected chi connectivity index (χ4v) is 3.30. The average Bonchev–Trinajstić information content (AvgIpc) is 3.26. The summed E-state index contributed by atoms with van der Waals surface area (Å²) in [4.78, 5) is 17.1. The van der Waals surface area contributed by atoms with E-state index in [9.17, 15) is 44.3 Å². The van der Waals surface area contributed by atoms with Gasteiger partial charge < -0.3 is 9.64 Å². The van der Waals surface area contributed by atoms with Crippen LogP contribution in [0.5, 0.6) is 0 Å². The van der Waals surface area contributed by atoms with Gasteiger partial charge in [0, 0.05) is 25.4 Å². The molecule has 0 fully saturated rings. The van der Waals surface area contributed by atoms with Gasteiger partial charge in [-0.25, -0.2) is 4.79 Å². The van der Waals surface area contributed by atoms with Crippen molar-refractivity contribution in [2.75, 3.05) is 12.0 Å². The number of methoxy groups -OCH3 is 1. The number of benzene rings is 1. The predicted molar refractivity (Wildman–Crippen MR) is 115 cm³/mol. The van der Waals surface area contributed by atoms with E-state index >= 15 is 0 Å². The molecule has 39 heavy (non-hydrogen) atoms. The second kappa shape index (κ2) is 10.9. The third kappa shape index (κ3) is 7.67. The van der Waals surface area contributed by atoms with Crippen LogP contribution < -0.4 is 4.90 Å². The Morgan fingerprint density at radius 1 is 0.923 bits per heavy atom. The van der Waals surface area contributed by atoms with Gasteiger partial charge in [0.2, 0.25) is 0 Å².